The number of ether oxygens (including phenoxy) is 1. The number of carbonyl (C=O) groups is 1. The van der Waals surface area contributed by atoms with Crippen molar-refractivity contribution in [2.24, 2.45) is 0 Å². The van der Waals surface area contributed by atoms with Crippen molar-refractivity contribution in [2.45, 2.75) is 59.3 Å². The fraction of sp³-hybridized carbons (Fsp3) is 0.929. The summed E-state index contributed by atoms with van der Waals surface area (Å²) in [7, 11) is -3.05. The number of carbonyl (C=O) groups excluding carboxylic acids is 1. The summed E-state index contributed by atoms with van der Waals surface area (Å²) in [6.45, 7) is 7.25. The Bertz CT molecular complexity index is 281. The molecule has 0 aliphatic carbocycles. The lowest BCUT2D eigenvalue weighted by atomic mass is 10.3. The van der Waals surface area contributed by atoms with Gasteiger partial charge in [0.2, 0.25) is 0 Å². The molecule has 5 nitrogen and oxygen atoms in total. The molecular formula is C14H29O5P. The van der Waals surface area contributed by atoms with Crippen molar-refractivity contribution in [3.05, 3.63) is 0 Å². The summed E-state index contributed by atoms with van der Waals surface area (Å²) < 4.78 is 28.1. The lowest BCUT2D eigenvalue weighted by molar-refractivity contribution is -0.143. The molecule has 0 saturated carbocycles. The highest BCUT2D eigenvalue weighted by Gasteiger charge is 2.24. The zero-order valence-electron chi connectivity index (χ0n) is 13.1. The predicted molar refractivity (Wildman–Crippen MR) is 80.1 cm³/mol. The van der Waals surface area contributed by atoms with E-state index in [-0.39, 0.29) is 18.6 Å². The van der Waals surface area contributed by atoms with Crippen LogP contribution in [0.5, 0.6) is 0 Å². The molecule has 0 spiro atoms. The minimum absolute atomic E-state index is 0.240. The third-order valence-electron chi connectivity index (χ3n) is 2.56. The molecule has 0 atom stereocenters. The summed E-state index contributed by atoms with van der Waals surface area (Å²) in [5.74, 6) is -0.240. The highest BCUT2D eigenvalue weighted by Crippen LogP contribution is 2.49. The molecule has 0 bridgehead atoms. The summed E-state index contributed by atoms with van der Waals surface area (Å²) in [6.07, 6.45) is 4.46. The van der Waals surface area contributed by atoms with Crippen LogP contribution >= 0.6 is 7.60 Å². The average molecular weight is 308 g/mol. The molecule has 0 amide bonds. The molecule has 0 aliphatic rings. The molecule has 0 N–H and O–H groups in total. The Hall–Kier alpha value is -0.380. The number of rotatable bonds is 13. The van der Waals surface area contributed by atoms with Crippen molar-refractivity contribution >= 4 is 13.6 Å². The van der Waals surface area contributed by atoms with Gasteiger partial charge in [0.25, 0.3) is 0 Å². The molecule has 0 radical (unpaired) electrons. The van der Waals surface area contributed by atoms with Crippen molar-refractivity contribution in [1.82, 2.24) is 0 Å². The lowest BCUT2D eigenvalue weighted by Crippen LogP contribution is -2.08. The van der Waals surface area contributed by atoms with Gasteiger partial charge in [-0.2, -0.15) is 0 Å². The summed E-state index contributed by atoms with van der Waals surface area (Å²) in [6, 6.07) is 0. The van der Waals surface area contributed by atoms with Gasteiger partial charge in [0.1, 0.15) is 0 Å². The number of unbranched alkanes of at least 4 members (excludes halogenated alkanes) is 1. The van der Waals surface area contributed by atoms with Gasteiger partial charge in [0, 0.05) is 6.42 Å². The van der Waals surface area contributed by atoms with Crippen LogP contribution in [0.15, 0.2) is 0 Å². The zero-order chi connectivity index (χ0) is 15.3. The van der Waals surface area contributed by atoms with E-state index in [0.29, 0.717) is 26.2 Å². The number of hydrogen-bond acceptors (Lipinski definition) is 5. The van der Waals surface area contributed by atoms with Crippen LogP contribution in [0.2, 0.25) is 0 Å². The van der Waals surface area contributed by atoms with E-state index in [1.54, 1.807) is 0 Å². The zero-order valence-corrected chi connectivity index (χ0v) is 14.0. The standard InChI is InChI=1S/C14H29O5P/c1-4-7-12-17-14(15)9-8-13-20(16,18-10-5-2)19-11-6-3/h4-13H2,1-3H3. The Balaban J connectivity index is 3.99. The summed E-state index contributed by atoms with van der Waals surface area (Å²) in [5.41, 5.74) is 0. The van der Waals surface area contributed by atoms with Gasteiger partial charge >= 0.3 is 13.6 Å². The van der Waals surface area contributed by atoms with Gasteiger partial charge in [0.15, 0.2) is 0 Å². The van der Waals surface area contributed by atoms with E-state index in [2.05, 4.69) is 0 Å². The third kappa shape index (κ3) is 10.4. The molecule has 0 aliphatic heterocycles. The van der Waals surface area contributed by atoms with Crippen LogP contribution in [0, 0.1) is 0 Å². The van der Waals surface area contributed by atoms with E-state index in [1.807, 2.05) is 20.8 Å². The van der Waals surface area contributed by atoms with Crippen molar-refractivity contribution in [2.75, 3.05) is 26.0 Å². The first-order chi connectivity index (χ1) is 9.58. The second kappa shape index (κ2) is 12.4. The molecule has 0 rings (SSSR count). The fourth-order valence-corrected chi connectivity index (χ4v) is 3.25. The Kier molecular flexibility index (Phi) is 12.1. The average Bonchev–Trinajstić information content (AvgIpc) is 2.43. The van der Waals surface area contributed by atoms with Crippen LogP contribution in [-0.4, -0.2) is 32.0 Å². The SMILES string of the molecule is CCCCOC(=O)CCCP(=O)(OCCC)OCCC. The summed E-state index contributed by atoms with van der Waals surface area (Å²) in [4.78, 5) is 11.4. The minimum Gasteiger partial charge on any atom is -0.466 e. The van der Waals surface area contributed by atoms with Crippen LogP contribution in [-0.2, 0) is 23.1 Å². The van der Waals surface area contributed by atoms with Crippen molar-refractivity contribution in [3.63, 3.8) is 0 Å². The summed E-state index contributed by atoms with van der Waals surface area (Å²) in [5, 5.41) is 0. The third-order valence-corrected chi connectivity index (χ3v) is 4.57. The molecule has 20 heavy (non-hydrogen) atoms. The van der Waals surface area contributed by atoms with Crippen LogP contribution < -0.4 is 0 Å². The monoisotopic (exact) mass is 308 g/mol. The largest absolute Gasteiger partial charge is 0.466 e. The van der Waals surface area contributed by atoms with Crippen molar-refractivity contribution in [1.29, 1.82) is 0 Å². The van der Waals surface area contributed by atoms with Crippen LogP contribution in [0.1, 0.15) is 59.3 Å². The van der Waals surface area contributed by atoms with E-state index >= 15 is 0 Å². The highest BCUT2D eigenvalue weighted by molar-refractivity contribution is 7.53. The van der Waals surface area contributed by atoms with Gasteiger partial charge < -0.3 is 13.8 Å². The van der Waals surface area contributed by atoms with Gasteiger partial charge in [-0.1, -0.05) is 27.2 Å². The smallest absolute Gasteiger partial charge is 0.330 e. The number of hydrogen-bond donors (Lipinski definition) is 0. The van der Waals surface area contributed by atoms with E-state index in [4.69, 9.17) is 13.8 Å². The van der Waals surface area contributed by atoms with E-state index in [9.17, 15) is 9.36 Å². The van der Waals surface area contributed by atoms with E-state index in [1.165, 1.54) is 0 Å². The molecule has 6 heteroatoms. The minimum atomic E-state index is -3.05. The first-order valence-electron chi connectivity index (χ1n) is 7.61. The topological polar surface area (TPSA) is 61.8 Å². The van der Waals surface area contributed by atoms with Crippen molar-refractivity contribution < 1.29 is 23.1 Å². The van der Waals surface area contributed by atoms with Gasteiger partial charge in [-0.15, -0.1) is 0 Å². The Morgan fingerprint density at radius 1 is 0.900 bits per heavy atom. The highest BCUT2D eigenvalue weighted by atomic mass is 31.2. The Labute approximate surface area is 122 Å². The molecule has 0 aromatic rings. The summed E-state index contributed by atoms with van der Waals surface area (Å²) >= 11 is 0. The first-order valence-corrected chi connectivity index (χ1v) is 9.34. The second-order valence-corrected chi connectivity index (χ2v) is 6.86. The van der Waals surface area contributed by atoms with Crippen molar-refractivity contribution in [3.8, 4) is 0 Å². The first kappa shape index (κ1) is 19.6. The van der Waals surface area contributed by atoms with Gasteiger partial charge in [-0.05, 0) is 25.7 Å². The van der Waals surface area contributed by atoms with Crippen LogP contribution in [0.4, 0.5) is 0 Å². The molecule has 0 unspecified atom stereocenters. The fourth-order valence-electron chi connectivity index (χ4n) is 1.45. The predicted octanol–water partition coefficient (Wildman–Crippen LogP) is 4.16. The molecule has 120 valence electrons. The number of esters is 1. The molecular weight excluding hydrogens is 279 g/mol. The lowest BCUT2D eigenvalue weighted by Gasteiger charge is -2.17. The van der Waals surface area contributed by atoms with E-state index < -0.39 is 7.60 Å². The van der Waals surface area contributed by atoms with Gasteiger partial charge in [-0.25, -0.2) is 0 Å². The molecule has 0 heterocycles. The van der Waals surface area contributed by atoms with Crippen LogP contribution in [0.25, 0.3) is 0 Å². The molecule has 0 aromatic heterocycles. The molecule has 0 saturated heterocycles. The quantitative estimate of drug-likeness (QED) is 0.290. The Morgan fingerprint density at radius 3 is 2.00 bits per heavy atom. The maximum absolute atomic E-state index is 12.4. The van der Waals surface area contributed by atoms with Crippen LogP contribution in [0.3, 0.4) is 0 Å². The van der Waals surface area contributed by atoms with E-state index in [0.717, 1.165) is 25.7 Å². The maximum atomic E-state index is 12.4. The van der Waals surface area contributed by atoms with Gasteiger partial charge in [0.05, 0.1) is 26.0 Å². The molecule has 0 fully saturated rings. The normalized spacial score (nSPS) is 11.6. The second-order valence-electron chi connectivity index (χ2n) is 4.68. The Morgan fingerprint density at radius 2 is 1.50 bits per heavy atom. The maximum Gasteiger partial charge on any atom is 0.330 e. The van der Waals surface area contributed by atoms with Gasteiger partial charge in [-0.3, -0.25) is 9.36 Å². The molecule has 0 aromatic carbocycles.